The normalized spacial score (nSPS) is 14.9. The Morgan fingerprint density at radius 3 is 2.90 bits per heavy atom. The molecule has 1 aliphatic heterocycles. The second-order valence-corrected chi connectivity index (χ2v) is 4.66. The van der Waals surface area contributed by atoms with E-state index in [2.05, 4.69) is 5.10 Å². The summed E-state index contributed by atoms with van der Waals surface area (Å²) in [4.78, 5) is 11.9. The number of benzene rings is 1. The van der Waals surface area contributed by atoms with Crippen LogP contribution in [0.3, 0.4) is 0 Å². The highest BCUT2D eigenvalue weighted by Crippen LogP contribution is 2.29. The van der Waals surface area contributed by atoms with Crippen molar-refractivity contribution >= 4 is 22.6 Å². The molecule has 2 aromatic rings. The van der Waals surface area contributed by atoms with E-state index in [1.165, 1.54) is 7.11 Å². The first-order valence-electron chi connectivity index (χ1n) is 6.66. The van der Waals surface area contributed by atoms with Gasteiger partial charge in [-0.3, -0.25) is 0 Å². The van der Waals surface area contributed by atoms with Crippen molar-refractivity contribution in [3.63, 3.8) is 0 Å². The summed E-state index contributed by atoms with van der Waals surface area (Å²) in [5.74, 6) is 0.269. The van der Waals surface area contributed by atoms with Gasteiger partial charge in [-0.2, -0.15) is 5.10 Å². The van der Waals surface area contributed by atoms with Crippen molar-refractivity contribution in [2.45, 2.75) is 6.42 Å². The predicted octanol–water partition coefficient (Wildman–Crippen LogP) is 2.09. The van der Waals surface area contributed by atoms with Crippen LogP contribution in [0.15, 0.2) is 24.4 Å². The largest absolute Gasteiger partial charge is 0.496 e. The maximum absolute atomic E-state index is 11.9. The molecule has 110 valence electrons. The van der Waals surface area contributed by atoms with E-state index in [0.29, 0.717) is 30.0 Å². The fourth-order valence-electron chi connectivity index (χ4n) is 2.41. The number of nitrogens with zero attached hydrogens (tertiary/aromatic N) is 2. The molecular weight excluding hydrogens is 272 g/mol. The van der Waals surface area contributed by atoms with Gasteiger partial charge in [-0.25, -0.2) is 9.48 Å². The number of hydrogen-bond donors (Lipinski definition) is 0. The van der Waals surface area contributed by atoms with Gasteiger partial charge < -0.3 is 14.2 Å². The third kappa shape index (κ3) is 2.38. The Hall–Kier alpha value is -2.34. The highest BCUT2D eigenvalue weighted by molar-refractivity contribution is 6.04. The average molecular weight is 288 g/mol. The lowest BCUT2D eigenvalue weighted by atomic mass is 10.1. The lowest BCUT2D eigenvalue weighted by Crippen LogP contribution is -2.09. The molecule has 0 saturated carbocycles. The summed E-state index contributed by atoms with van der Waals surface area (Å²) in [7, 11) is 2.95. The predicted molar refractivity (Wildman–Crippen MR) is 77.3 cm³/mol. The Morgan fingerprint density at radius 1 is 1.38 bits per heavy atom. The van der Waals surface area contributed by atoms with Gasteiger partial charge in [0.25, 0.3) is 0 Å². The molecule has 1 aromatic carbocycles. The van der Waals surface area contributed by atoms with Crippen LogP contribution in [-0.4, -0.2) is 43.2 Å². The molecule has 0 spiro atoms. The standard InChI is InChI=1S/C15H16N2O4/c1-19-13-4-3-11(15(18)20-2)14-12(13)9-17(16-14)10-5-7-21-8-6-10/h3-5,9H,6-8H2,1-2H3. The van der Waals surface area contributed by atoms with Gasteiger partial charge in [-0.1, -0.05) is 0 Å². The molecule has 0 saturated heterocycles. The Labute approximate surface area is 121 Å². The highest BCUT2D eigenvalue weighted by atomic mass is 16.5. The maximum Gasteiger partial charge on any atom is 0.340 e. The van der Waals surface area contributed by atoms with E-state index in [0.717, 1.165) is 17.5 Å². The number of fused-ring (bicyclic) bond motifs is 1. The van der Waals surface area contributed by atoms with Crippen molar-refractivity contribution in [1.82, 2.24) is 9.78 Å². The Bertz CT molecular complexity index is 718. The summed E-state index contributed by atoms with van der Waals surface area (Å²) in [5.41, 5.74) is 2.06. The van der Waals surface area contributed by atoms with E-state index in [-0.39, 0.29) is 0 Å². The average Bonchev–Trinajstić information content (AvgIpc) is 2.99. The van der Waals surface area contributed by atoms with Crippen LogP contribution in [0.25, 0.3) is 16.6 Å². The first-order chi connectivity index (χ1) is 10.2. The molecule has 0 unspecified atom stereocenters. The van der Waals surface area contributed by atoms with E-state index in [9.17, 15) is 4.79 Å². The summed E-state index contributed by atoms with van der Waals surface area (Å²) in [6.45, 7) is 1.25. The molecule has 0 aliphatic carbocycles. The maximum atomic E-state index is 11.9. The SMILES string of the molecule is COC(=O)c1ccc(OC)c2cn(C3=CCOCC3)nc12. The number of aromatic nitrogens is 2. The second-order valence-electron chi connectivity index (χ2n) is 4.66. The quantitative estimate of drug-likeness (QED) is 0.809. The van der Waals surface area contributed by atoms with Crippen LogP contribution in [0.4, 0.5) is 0 Å². The molecule has 0 N–H and O–H groups in total. The molecule has 0 fully saturated rings. The van der Waals surface area contributed by atoms with Crippen molar-refractivity contribution in [2.75, 3.05) is 27.4 Å². The third-order valence-electron chi connectivity index (χ3n) is 3.50. The smallest absolute Gasteiger partial charge is 0.340 e. The van der Waals surface area contributed by atoms with Crippen LogP contribution in [0, 0.1) is 0 Å². The molecule has 6 heteroatoms. The minimum Gasteiger partial charge on any atom is -0.496 e. The van der Waals surface area contributed by atoms with Gasteiger partial charge in [0.2, 0.25) is 0 Å². The molecule has 0 amide bonds. The number of methoxy groups -OCH3 is 2. The molecule has 1 aliphatic rings. The molecule has 3 rings (SSSR count). The van der Waals surface area contributed by atoms with E-state index in [4.69, 9.17) is 14.2 Å². The summed E-state index contributed by atoms with van der Waals surface area (Å²) in [6.07, 6.45) is 4.64. The second kappa shape index (κ2) is 5.57. The monoisotopic (exact) mass is 288 g/mol. The number of carbonyl (C=O) groups excluding carboxylic acids is 1. The zero-order chi connectivity index (χ0) is 14.8. The van der Waals surface area contributed by atoms with Crippen LogP contribution in [0.1, 0.15) is 16.8 Å². The van der Waals surface area contributed by atoms with Crippen molar-refractivity contribution in [3.05, 3.63) is 30.0 Å². The Morgan fingerprint density at radius 2 is 2.24 bits per heavy atom. The van der Waals surface area contributed by atoms with Gasteiger partial charge in [0.15, 0.2) is 0 Å². The van der Waals surface area contributed by atoms with Gasteiger partial charge >= 0.3 is 5.97 Å². The van der Waals surface area contributed by atoms with E-state index < -0.39 is 5.97 Å². The fraction of sp³-hybridized carbons (Fsp3) is 0.333. The zero-order valence-corrected chi connectivity index (χ0v) is 12.0. The summed E-state index contributed by atoms with van der Waals surface area (Å²) < 4.78 is 17.2. The van der Waals surface area contributed by atoms with E-state index >= 15 is 0 Å². The first-order valence-corrected chi connectivity index (χ1v) is 6.66. The van der Waals surface area contributed by atoms with Crippen molar-refractivity contribution in [3.8, 4) is 5.75 Å². The number of ether oxygens (including phenoxy) is 3. The van der Waals surface area contributed by atoms with Crippen molar-refractivity contribution in [1.29, 1.82) is 0 Å². The molecule has 2 heterocycles. The number of rotatable bonds is 3. The number of carbonyl (C=O) groups is 1. The molecule has 1 aromatic heterocycles. The molecule has 0 bridgehead atoms. The third-order valence-corrected chi connectivity index (χ3v) is 3.50. The van der Waals surface area contributed by atoms with Crippen LogP contribution >= 0.6 is 0 Å². The molecule has 0 atom stereocenters. The fourth-order valence-corrected chi connectivity index (χ4v) is 2.41. The van der Waals surface area contributed by atoms with Crippen molar-refractivity contribution < 1.29 is 19.0 Å². The molecule has 6 nitrogen and oxygen atoms in total. The minimum absolute atomic E-state index is 0.408. The van der Waals surface area contributed by atoms with Gasteiger partial charge in [0.1, 0.15) is 11.3 Å². The first kappa shape index (κ1) is 13.6. The Balaban J connectivity index is 2.17. The van der Waals surface area contributed by atoms with Crippen LogP contribution in [0.2, 0.25) is 0 Å². The van der Waals surface area contributed by atoms with Gasteiger partial charge in [0.05, 0.1) is 38.4 Å². The lowest BCUT2D eigenvalue weighted by Gasteiger charge is -2.12. The molecular formula is C15H16N2O4. The van der Waals surface area contributed by atoms with Gasteiger partial charge in [-0.05, 0) is 18.2 Å². The summed E-state index contributed by atoms with van der Waals surface area (Å²) in [5, 5.41) is 5.31. The van der Waals surface area contributed by atoms with E-state index in [1.54, 1.807) is 23.9 Å². The van der Waals surface area contributed by atoms with Crippen LogP contribution in [-0.2, 0) is 9.47 Å². The van der Waals surface area contributed by atoms with Crippen LogP contribution < -0.4 is 4.74 Å². The molecule has 21 heavy (non-hydrogen) atoms. The van der Waals surface area contributed by atoms with Gasteiger partial charge in [-0.15, -0.1) is 0 Å². The Kier molecular flexibility index (Phi) is 3.62. The van der Waals surface area contributed by atoms with E-state index in [1.807, 2.05) is 12.3 Å². The summed E-state index contributed by atoms with van der Waals surface area (Å²) >= 11 is 0. The number of hydrogen-bond acceptors (Lipinski definition) is 5. The zero-order valence-electron chi connectivity index (χ0n) is 12.0. The van der Waals surface area contributed by atoms with Gasteiger partial charge in [0, 0.05) is 18.3 Å². The number of esters is 1. The lowest BCUT2D eigenvalue weighted by molar-refractivity contribution is 0.0602. The minimum atomic E-state index is -0.408. The molecule has 0 radical (unpaired) electrons. The highest BCUT2D eigenvalue weighted by Gasteiger charge is 2.18. The van der Waals surface area contributed by atoms with Crippen molar-refractivity contribution in [2.24, 2.45) is 0 Å². The van der Waals surface area contributed by atoms with Crippen LogP contribution in [0.5, 0.6) is 5.75 Å². The topological polar surface area (TPSA) is 62.6 Å². The summed E-state index contributed by atoms with van der Waals surface area (Å²) in [6, 6.07) is 3.42.